The molecule has 17 heavy (non-hydrogen) atoms. The topological polar surface area (TPSA) is 34.4 Å². The van der Waals surface area contributed by atoms with E-state index in [1.807, 2.05) is 31.3 Å². The second kappa shape index (κ2) is 5.06. The molecular weight excluding hydrogens is 214 g/mol. The van der Waals surface area contributed by atoms with E-state index in [-0.39, 0.29) is 6.04 Å². The molecule has 0 aliphatic carbocycles. The molecule has 1 atom stereocenters. The number of rotatable bonds is 4. The smallest absolute Gasteiger partial charge is 0.125 e. The Morgan fingerprint density at radius 2 is 2.12 bits per heavy atom. The fourth-order valence-electron chi connectivity index (χ4n) is 1.99. The van der Waals surface area contributed by atoms with E-state index in [2.05, 4.69) is 18.3 Å². The second-order valence-corrected chi connectivity index (χ2v) is 3.98. The molecular formula is C14H17NO2. The predicted octanol–water partition coefficient (Wildman–Crippen LogP) is 2.91. The first-order valence-corrected chi connectivity index (χ1v) is 5.61. The lowest BCUT2D eigenvalue weighted by Crippen LogP contribution is -2.18. The van der Waals surface area contributed by atoms with Crippen LogP contribution in [-0.2, 0) is 0 Å². The number of hydrogen-bond donors (Lipinski definition) is 1. The minimum Gasteiger partial charge on any atom is -0.496 e. The first kappa shape index (κ1) is 11.7. The van der Waals surface area contributed by atoms with Gasteiger partial charge in [0.25, 0.3) is 0 Å². The van der Waals surface area contributed by atoms with Crippen molar-refractivity contribution >= 4 is 0 Å². The van der Waals surface area contributed by atoms with Crippen molar-refractivity contribution in [1.82, 2.24) is 5.32 Å². The Labute approximate surface area is 101 Å². The minimum absolute atomic E-state index is 0.0137. The molecule has 90 valence electrons. The minimum atomic E-state index is 0.0137. The Morgan fingerprint density at radius 1 is 1.29 bits per heavy atom. The molecule has 0 spiro atoms. The van der Waals surface area contributed by atoms with E-state index in [1.165, 1.54) is 5.56 Å². The summed E-state index contributed by atoms with van der Waals surface area (Å²) in [5.41, 5.74) is 2.29. The number of nitrogens with one attached hydrogen (secondary N) is 1. The number of aryl methyl sites for hydroxylation is 1. The zero-order chi connectivity index (χ0) is 12.3. The van der Waals surface area contributed by atoms with Gasteiger partial charge in [0.2, 0.25) is 0 Å². The van der Waals surface area contributed by atoms with Gasteiger partial charge in [-0.05, 0) is 32.2 Å². The first-order valence-electron chi connectivity index (χ1n) is 5.61. The molecule has 1 heterocycles. The lowest BCUT2D eigenvalue weighted by atomic mass is 10.0. The van der Waals surface area contributed by atoms with Crippen molar-refractivity contribution in [3.8, 4) is 5.75 Å². The lowest BCUT2D eigenvalue weighted by molar-refractivity contribution is 0.396. The molecule has 3 nitrogen and oxygen atoms in total. The number of benzene rings is 1. The van der Waals surface area contributed by atoms with Gasteiger partial charge in [-0.3, -0.25) is 0 Å². The van der Waals surface area contributed by atoms with Gasteiger partial charge in [-0.2, -0.15) is 0 Å². The molecule has 0 aliphatic rings. The van der Waals surface area contributed by atoms with Gasteiger partial charge in [-0.25, -0.2) is 0 Å². The highest BCUT2D eigenvalue weighted by molar-refractivity contribution is 5.42. The van der Waals surface area contributed by atoms with E-state index in [0.717, 1.165) is 17.1 Å². The molecule has 0 saturated heterocycles. The van der Waals surface area contributed by atoms with Crippen LogP contribution in [0.1, 0.15) is 22.9 Å². The largest absolute Gasteiger partial charge is 0.496 e. The maximum absolute atomic E-state index is 5.46. The number of methoxy groups -OCH3 is 1. The van der Waals surface area contributed by atoms with Crippen molar-refractivity contribution in [3.05, 3.63) is 53.5 Å². The Hall–Kier alpha value is -1.74. The molecule has 2 rings (SSSR count). The number of hydrogen-bond acceptors (Lipinski definition) is 3. The summed E-state index contributed by atoms with van der Waals surface area (Å²) in [7, 11) is 3.60. The summed E-state index contributed by atoms with van der Waals surface area (Å²) in [5.74, 6) is 1.75. The Kier molecular flexibility index (Phi) is 3.49. The molecule has 1 aromatic heterocycles. The van der Waals surface area contributed by atoms with Crippen LogP contribution >= 0.6 is 0 Å². The van der Waals surface area contributed by atoms with Gasteiger partial charge in [0.15, 0.2) is 0 Å². The molecule has 0 fully saturated rings. The second-order valence-electron chi connectivity index (χ2n) is 3.98. The van der Waals surface area contributed by atoms with Crippen LogP contribution < -0.4 is 10.1 Å². The van der Waals surface area contributed by atoms with Gasteiger partial charge in [0.05, 0.1) is 19.4 Å². The van der Waals surface area contributed by atoms with Crippen molar-refractivity contribution in [2.45, 2.75) is 13.0 Å². The van der Waals surface area contributed by atoms with E-state index in [4.69, 9.17) is 9.15 Å². The molecule has 0 amide bonds. The van der Waals surface area contributed by atoms with Gasteiger partial charge >= 0.3 is 0 Å². The molecule has 1 aromatic carbocycles. The lowest BCUT2D eigenvalue weighted by Gasteiger charge is -2.18. The predicted molar refractivity (Wildman–Crippen MR) is 67.3 cm³/mol. The molecule has 3 heteroatoms. The van der Waals surface area contributed by atoms with Crippen LogP contribution in [0.25, 0.3) is 0 Å². The Balaban J connectivity index is 2.46. The summed E-state index contributed by atoms with van der Waals surface area (Å²) in [6.45, 7) is 2.07. The van der Waals surface area contributed by atoms with Crippen LogP contribution in [-0.4, -0.2) is 14.2 Å². The molecule has 0 aliphatic heterocycles. The molecule has 1 unspecified atom stereocenters. The highest BCUT2D eigenvalue weighted by Gasteiger charge is 2.18. The summed E-state index contributed by atoms with van der Waals surface area (Å²) in [5, 5.41) is 3.25. The summed E-state index contributed by atoms with van der Waals surface area (Å²) < 4.78 is 10.9. The number of ether oxygens (including phenoxy) is 1. The third-order valence-corrected chi connectivity index (χ3v) is 2.81. The SMILES string of the molecule is CNC(c1ccco1)c1cc(C)ccc1OC. The van der Waals surface area contributed by atoms with Crippen molar-refractivity contribution < 1.29 is 9.15 Å². The van der Waals surface area contributed by atoms with Crippen LogP contribution in [0.2, 0.25) is 0 Å². The highest BCUT2D eigenvalue weighted by Crippen LogP contribution is 2.30. The third kappa shape index (κ3) is 2.34. The molecule has 2 aromatic rings. The molecule has 1 N–H and O–H groups in total. The normalized spacial score (nSPS) is 12.4. The molecule has 0 radical (unpaired) electrons. The van der Waals surface area contributed by atoms with Gasteiger partial charge < -0.3 is 14.5 Å². The first-order chi connectivity index (χ1) is 8.26. The van der Waals surface area contributed by atoms with E-state index in [9.17, 15) is 0 Å². The zero-order valence-electron chi connectivity index (χ0n) is 10.4. The average molecular weight is 231 g/mol. The van der Waals surface area contributed by atoms with Gasteiger partial charge in [0.1, 0.15) is 11.5 Å². The average Bonchev–Trinajstić information content (AvgIpc) is 2.84. The Bertz CT molecular complexity index is 477. The van der Waals surface area contributed by atoms with Gasteiger partial charge in [-0.15, -0.1) is 0 Å². The van der Waals surface area contributed by atoms with Crippen LogP contribution in [0.3, 0.4) is 0 Å². The summed E-state index contributed by atoms with van der Waals surface area (Å²) in [6, 6.07) is 10.0. The van der Waals surface area contributed by atoms with Gasteiger partial charge in [0, 0.05) is 5.56 Å². The highest BCUT2D eigenvalue weighted by atomic mass is 16.5. The van der Waals surface area contributed by atoms with Crippen molar-refractivity contribution in [2.24, 2.45) is 0 Å². The fourth-order valence-corrected chi connectivity index (χ4v) is 1.99. The quantitative estimate of drug-likeness (QED) is 0.878. The van der Waals surface area contributed by atoms with Crippen molar-refractivity contribution in [3.63, 3.8) is 0 Å². The van der Waals surface area contributed by atoms with Crippen LogP contribution in [0, 0.1) is 6.92 Å². The van der Waals surface area contributed by atoms with Crippen LogP contribution in [0.15, 0.2) is 41.0 Å². The van der Waals surface area contributed by atoms with E-state index in [0.29, 0.717) is 0 Å². The maximum atomic E-state index is 5.46. The standard InChI is InChI=1S/C14H17NO2/c1-10-6-7-12(16-3)11(9-10)14(15-2)13-5-4-8-17-13/h4-9,14-15H,1-3H3. The molecule has 0 saturated carbocycles. The van der Waals surface area contributed by atoms with E-state index < -0.39 is 0 Å². The Morgan fingerprint density at radius 3 is 2.71 bits per heavy atom. The monoisotopic (exact) mass is 231 g/mol. The van der Waals surface area contributed by atoms with E-state index in [1.54, 1.807) is 13.4 Å². The van der Waals surface area contributed by atoms with Crippen LogP contribution in [0.4, 0.5) is 0 Å². The summed E-state index contributed by atoms with van der Waals surface area (Å²) >= 11 is 0. The fraction of sp³-hybridized carbons (Fsp3) is 0.286. The van der Waals surface area contributed by atoms with Crippen LogP contribution in [0.5, 0.6) is 5.75 Å². The summed E-state index contributed by atoms with van der Waals surface area (Å²) in [4.78, 5) is 0. The zero-order valence-corrected chi connectivity index (χ0v) is 10.4. The van der Waals surface area contributed by atoms with Crippen molar-refractivity contribution in [2.75, 3.05) is 14.2 Å². The van der Waals surface area contributed by atoms with E-state index >= 15 is 0 Å². The molecule has 0 bridgehead atoms. The third-order valence-electron chi connectivity index (χ3n) is 2.81. The van der Waals surface area contributed by atoms with Gasteiger partial charge in [-0.1, -0.05) is 17.7 Å². The number of furan rings is 1. The van der Waals surface area contributed by atoms with Crippen molar-refractivity contribution in [1.29, 1.82) is 0 Å². The summed E-state index contributed by atoms with van der Waals surface area (Å²) in [6.07, 6.45) is 1.68. The maximum Gasteiger partial charge on any atom is 0.125 e.